The van der Waals surface area contributed by atoms with Crippen LogP contribution in [0.25, 0.3) is 0 Å². The number of rotatable bonds is 3. The van der Waals surface area contributed by atoms with Gasteiger partial charge < -0.3 is 38.8 Å². The molecule has 3 fully saturated rings. The fourth-order valence-electron chi connectivity index (χ4n) is 6.24. The van der Waals surface area contributed by atoms with Crippen LogP contribution in [0.4, 0.5) is 5.69 Å². The molecule has 1 aromatic carbocycles. The van der Waals surface area contributed by atoms with E-state index in [2.05, 4.69) is 5.32 Å². The number of aliphatic hydroxyl groups excluding tert-OH is 1. The number of amides is 1. The van der Waals surface area contributed by atoms with Crippen LogP contribution in [0.2, 0.25) is 5.02 Å². The van der Waals surface area contributed by atoms with Crippen LogP contribution in [0.15, 0.2) is 35.9 Å². The summed E-state index contributed by atoms with van der Waals surface area (Å²) in [5.74, 6) is -0.389. The van der Waals surface area contributed by atoms with Crippen LogP contribution in [0.3, 0.4) is 0 Å². The highest BCUT2D eigenvalue weighted by Gasteiger charge is 2.63. The zero-order valence-electron chi connectivity index (χ0n) is 24.4. The molecule has 1 amide bonds. The molecular formula is C30H41ClN2O8. The van der Waals surface area contributed by atoms with E-state index in [9.17, 15) is 15.0 Å². The minimum Gasteiger partial charge on any atom is -0.495 e. The van der Waals surface area contributed by atoms with E-state index in [4.69, 9.17) is 35.3 Å². The molecule has 4 aliphatic heterocycles. The summed E-state index contributed by atoms with van der Waals surface area (Å²) in [7, 11) is 4.77. The van der Waals surface area contributed by atoms with Gasteiger partial charge >= 0.3 is 0 Å². The maximum atomic E-state index is 13.6. The van der Waals surface area contributed by atoms with Crippen molar-refractivity contribution in [3.63, 3.8) is 0 Å². The third kappa shape index (κ3) is 5.94. The fourth-order valence-corrected chi connectivity index (χ4v) is 6.55. The van der Waals surface area contributed by atoms with Crippen LogP contribution >= 0.6 is 11.6 Å². The number of hydrogen-bond acceptors (Lipinski definition) is 9. The third-order valence-corrected chi connectivity index (χ3v) is 9.36. The van der Waals surface area contributed by atoms with E-state index in [1.54, 1.807) is 21.3 Å². The Morgan fingerprint density at radius 3 is 2.71 bits per heavy atom. The highest BCUT2D eigenvalue weighted by molar-refractivity contribution is 6.35. The second-order valence-corrected chi connectivity index (χ2v) is 12.2. The predicted octanol–water partition coefficient (Wildman–Crippen LogP) is 2.93. The second kappa shape index (κ2) is 11.6. The Morgan fingerprint density at radius 2 is 2.02 bits per heavy atom. The van der Waals surface area contributed by atoms with Crippen molar-refractivity contribution >= 4 is 23.2 Å². The normalized spacial score (nSPS) is 41.4. The van der Waals surface area contributed by atoms with E-state index in [0.29, 0.717) is 22.9 Å². The summed E-state index contributed by atoms with van der Waals surface area (Å²) < 4.78 is 29.3. The molecule has 4 bridgehead atoms. The molecule has 0 aliphatic carbocycles. The number of ether oxygens (including phenoxy) is 5. The van der Waals surface area contributed by atoms with Gasteiger partial charge in [-0.15, -0.1) is 0 Å². The smallest absolute Gasteiger partial charge is 0.227 e. The first-order valence-corrected chi connectivity index (χ1v) is 14.4. The Labute approximate surface area is 246 Å². The van der Waals surface area contributed by atoms with Gasteiger partial charge in [-0.1, -0.05) is 42.3 Å². The number of methoxy groups -OCH3 is 2. The summed E-state index contributed by atoms with van der Waals surface area (Å²) in [6.45, 7) is 5.67. The first-order valence-electron chi connectivity index (χ1n) is 14.0. The monoisotopic (exact) mass is 592 g/mol. The van der Waals surface area contributed by atoms with E-state index in [-0.39, 0.29) is 37.4 Å². The van der Waals surface area contributed by atoms with E-state index in [1.165, 1.54) is 4.90 Å². The summed E-state index contributed by atoms with van der Waals surface area (Å²) in [4.78, 5) is 15.1. The Bertz CT molecular complexity index is 1230. The second-order valence-electron chi connectivity index (χ2n) is 11.9. The Morgan fingerprint density at radius 1 is 1.27 bits per heavy atom. The summed E-state index contributed by atoms with van der Waals surface area (Å²) in [6.07, 6.45) is 4.11. The molecule has 11 heteroatoms. The van der Waals surface area contributed by atoms with Gasteiger partial charge in [0.05, 0.1) is 30.6 Å². The number of carbonyl (C=O) groups excluding carboxylic acids is 1. The lowest BCUT2D eigenvalue weighted by Crippen LogP contribution is -2.57. The minimum absolute atomic E-state index is 0.0506. The maximum absolute atomic E-state index is 13.6. The van der Waals surface area contributed by atoms with Crippen molar-refractivity contribution in [1.29, 1.82) is 0 Å². The van der Waals surface area contributed by atoms with Crippen molar-refractivity contribution in [2.24, 2.45) is 11.8 Å². The van der Waals surface area contributed by atoms with Crippen molar-refractivity contribution in [3.05, 3.63) is 46.5 Å². The van der Waals surface area contributed by atoms with E-state index < -0.39 is 42.0 Å². The van der Waals surface area contributed by atoms with Crippen molar-refractivity contribution in [2.45, 2.75) is 82.2 Å². The number of nitrogens with one attached hydrogen (secondary N) is 1. The van der Waals surface area contributed by atoms with Crippen LogP contribution in [0.5, 0.6) is 5.75 Å². The number of allylic oxidation sites excluding steroid dienone is 3. The van der Waals surface area contributed by atoms with E-state index in [0.717, 1.165) is 11.1 Å². The zero-order chi connectivity index (χ0) is 29.7. The lowest BCUT2D eigenvalue weighted by atomic mass is 9.81. The SMILES string of the molecule is COc1cc2cc(c1Cl)N(C)C(=O)CC(CO)[C@]1(C)O[C@H]1[C@@H](C)[C@H]1C[C@](O)(NC3OC3O1)[C@@H](OC)/C=C/C=C(\C)C2. The van der Waals surface area contributed by atoms with Crippen molar-refractivity contribution in [3.8, 4) is 5.75 Å². The highest BCUT2D eigenvalue weighted by atomic mass is 35.5. The number of fused-ring (bicyclic) bond motifs is 6. The van der Waals surface area contributed by atoms with Gasteiger partial charge in [-0.2, -0.15) is 0 Å². The molecule has 9 atom stereocenters. The number of halogens is 1. The minimum atomic E-state index is -1.47. The number of hydrogen-bond donors (Lipinski definition) is 3. The molecule has 5 rings (SSSR count). The largest absolute Gasteiger partial charge is 0.495 e. The maximum Gasteiger partial charge on any atom is 0.227 e. The van der Waals surface area contributed by atoms with Gasteiger partial charge in [0.2, 0.25) is 5.91 Å². The van der Waals surface area contributed by atoms with E-state index >= 15 is 0 Å². The summed E-state index contributed by atoms with van der Waals surface area (Å²) in [5.41, 5.74) is 0.244. The van der Waals surface area contributed by atoms with Crippen molar-refractivity contribution in [1.82, 2.24) is 5.32 Å². The fraction of sp³-hybridized carbons (Fsp3) is 0.633. The first-order chi connectivity index (χ1) is 19.4. The van der Waals surface area contributed by atoms with Gasteiger partial charge in [0.25, 0.3) is 0 Å². The Balaban J connectivity index is 1.54. The summed E-state index contributed by atoms with van der Waals surface area (Å²) >= 11 is 6.66. The van der Waals surface area contributed by atoms with Gasteiger partial charge in [-0.25, -0.2) is 0 Å². The summed E-state index contributed by atoms with van der Waals surface area (Å²) in [5, 5.41) is 25.7. The number of nitrogens with zero attached hydrogens (tertiary/aromatic N) is 1. The molecule has 0 saturated carbocycles. The standard InChI is InChI=1S/C30H41ClN2O8/c1-16-8-7-9-23(38-6)30(36)14-22(39-28-27(32-30)40-28)17(2)26-29(3,41-26)19(15-34)13-24(35)33(4)20-11-18(10-16)12-21(37-5)25(20)31/h7-9,11-12,17,19,22-23,26-28,32,34,36H,10,13-15H2,1-6H3/b9-7+,16-8+/t17-,19?,22+,23-,26-,27?,28?,29-,30+/m0/s1. The quantitative estimate of drug-likeness (QED) is 0.454. The topological polar surface area (TPSA) is 126 Å². The molecule has 10 nitrogen and oxygen atoms in total. The number of benzene rings is 1. The van der Waals surface area contributed by atoms with Crippen LogP contribution in [-0.4, -0.2) is 86.2 Å². The molecular weight excluding hydrogens is 552 g/mol. The van der Waals surface area contributed by atoms with Crippen LogP contribution in [0.1, 0.15) is 39.2 Å². The Kier molecular flexibility index (Phi) is 8.59. The molecule has 3 unspecified atom stereocenters. The van der Waals surface area contributed by atoms with Gasteiger partial charge in [-0.3, -0.25) is 10.1 Å². The number of carbonyl (C=O) groups is 1. The third-order valence-electron chi connectivity index (χ3n) is 8.98. The molecule has 226 valence electrons. The molecule has 3 saturated heterocycles. The number of epoxide rings is 2. The molecule has 4 heterocycles. The van der Waals surface area contributed by atoms with Gasteiger partial charge in [0.15, 0.2) is 18.2 Å². The molecule has 0 aromatic heterocycles. The van der Waals surface area contributed by atoms with E-state index in [1.807, 2.05) is 51.1 Å². The van der Waals surface area contributed by atoms with Gasteiger partial charge in [0, 0.05) is 45.4 Å². The van der Waals surface area contributed by atoms with Gasteiger partial charge in [0.1, 0.15) is 16.9 Å². The molecule has 3 N–H and O–H groups in total. The molecule has 0 radical (unpaired) electrons. The average Bonchev–Trinajstić information content (AvgIpc) is 3.84. The molecule has 4 aliphatic rings. The lowest BCUT2D eigenvalue weighted by molar-refractivity contribution is -0.140. The molecule has 1 aromatic rings. The van der Waals surface area contributed by atoms with Gasteiger partial charge in [-0.05, 0) is 38.0 Å². The first kappa shape index (κ1) is 30.4. The van der Waals surface area contributed by atoms with Crippen LogP contribution in [-0.2, 0) is 30.2 Å². The lowest BCUT2D eigenvalue weighted by Gasteiger charge is -2.36. The average molecular weight is 593 g/mol. The summed E-state index contributed by atoms with van der Waals surface area (Å²) in [6, 6.07) is 3.74. The Hall–Kier alpha value is -2.02. The van der Waals surface area contributed by atoms with Crippen molar-refractivity contribution in [2.75, 3.05) is 32.8 Å². The molecule has 41 heavy (non-hydrogen) atoms. The van der Waals surface area contributed by atoms with Crippen LogP contribution in [0, 0.1) is 11.8 Å². The zero-order valence-corrected chi connectivity index (χ0v) is 25.2. The highest BCUT2D eigenvalue weighted by Crippen LogP contribution is 2.51. The predicted molar refractivity (Wildman–Crippen MR) is 153 cm³/mol. The number of aliphatic hydroxyl groups is 2. The number of anilines is 1. The molecule has 0 spiro atoms. The van der Waals surface area contributed by atoms with Crippen molar-refractivity contribution < 1.29 is 38.7 Å². The van der Waals surface area contributed by atoms with Crippen LogP contribution < -0.4 is 15.0 Å².